The Kier molecular flexibility index (Phi) is 3.27. The average Bonchev–Trinajstić information content (AvgIpc) is 2.80. The number of fused-ring (bicyclic) bond motifs is 1. The van der Waals surface area contributed by atoms with Gasteiger partial charge in [-0.2, -0.15) is 0 Å². The Labute approximate surface area is 118 Å². The van der Waals surface area contributed by atoms with Gasteiger partial charge in [0.25, 0.3) is 0 Å². The summed E-state index contributed by atoms with van der Waals surface area (Å²) in [6.45, 7) is 0. The molecule has 1 aromatic heterocycles. The van der Waals surface area contributed by atoms with Crippen molar-refractivity contribution in [1.82, 2.24) is 9.97 Å². The Balaban J connectivity index is 1.73. The van der Waals surface area contributed by atoms with Gasteiger partial charge in [-0.1, -0.05) is 6.07 Å². The van der Waals surface area contributed by atoms with Gasteiger partial charge in [0.15, 0.2) is 0 Å². The fraction of sp³-hybridized carbons (Fsp3) is 0.0667. The number of nitrogens with one attached hydrogen (secondary N) is 3. The van der Waals surface area contributed by atoms with Crippen LogP contribution in [0.4, 0.5) is 10.1 Å². The first-order valence-electron chi connectivity index (χ1n) is 6.36. The van der Waals surface area contributed by atoms with Crippen molar-refractivity contribution >= 4 is 22.6 Å². The smallest absolute Gasteiger partial charge is 0.323 e. The van der Waals surface area contributed by atoms with E-state index < -0.39 is 0 Å². The van der Waals surface area contributed by atoms with Crippen LogP contribution >= 0.6 is 0 Å². The van der Waals surface area contributed by atoms with Gasteiger partial charge in [0.05, 0.1) is 17.5 Å². The Morgan fingerprint density at radius 1 is 1.05 bits per heavy atom. The largest absolute Gasteiger partial charge is 0.326 e. The normalized spacial score (nSPS) is 10.7. The second-order valence-corrected chi connectivity index (χ2v) is 4.69. The van der Waals surface area contributed by atoms with Crippen LogP contribution in [0, 0.1) is 5.82 Å². The summed E-state index contributed by atoms with van der Waals surface area (Å²) in [4.78, 5) is 28.4. The molecule has 5 nitrogen and oxygen atoms in total. The highest BCUT2D eigenvalue weighted by Gasteiger charge is 2.06. The minimum absolute atomic E-state index is 0.167. The lowest BCUT2D eigenvalue weighted by Crippen LogP contribution is -2.14. The summed E-state index contributed by atoms with van der Waals surface area (Å²) in [6.07, 6.45) is 0.167. The van der Waals surface area contributed by atoms with E-state index >= 15 is 0 Å². The number of H-pyrrole nitrogens is 2. The molecule has 0 fully saturated rings. The first-order valence-corrected chi connectivity index (χ1v) is 6.36. The monoisotopic (exact) mass is 285 g/mol. The molecule has 0 radical (unpaired) electrons. The van der Waals surface area contributed by atoms with Crippen molar-refractivity contribution in [2.24, 2.45) is 0 Å². The molecule has 0 spiro atoms. The van der Waals surface area contributed by atoms with Gasteiger partial charge < -0.3 is 15.3 Å². The van der Waals surface area contributed by atoms with E-state index in [0.717, 1.165) is 5.56 Å². The van der Waals surface area contributed by atoms with E-state index in [1.807, 2.05) is 0 Å². The number of anilines is 1. The van der Waals surface area contributed by atoms with E-state index in [2.05, 4.69) is 15.3 Å². The van der Waals surface area contributed by atoms with Crippen LogP contribution in [0.25, 0.3) is 11.0 Å². The predicted molar refractivity (Wildman–Crippen MR) is 77.7 cm³/mol. The molecule has 106 valence electrons. The van der Waals surface area contributed by atoms with Crippen LogP contribution in [-0.2, 0) is 11.2 Å². The lowest BCUT2D eigenvalue weighted by atomic mass is 10.1. The second-order valence-electron chi connectivity index (χ2n) is 4.69. The topological polar surface area (TPSA) is 77.8 Å². The molecule has 6 heteroatoms. The maximum Gasteiger partial charge on any atom is 0.323 e. The van der Waals surface area contributed by atoms with E-state index in [-0.39, 0.29) is 23.8 Å². The molecular formula is C15H12FN3O2. The molecule has 0 atom stereocenters. The second kappa shape index (κ2) is 5.24. The van der Waals surface area contributed by atoms with Gasteiger partial charge in [0.1, 0.15) is 5.82 Å². The number of hydrogen-bond acceptors (Lipinski definition) is 2. The van der Waals surface area contributed by atoms with Gasteiger partial charge in [-0.15, -0.1) is 0 Å². The summed E-state index contributed by atoms with van der Waals surface area (Å²) in [6, 6.07) is 10.8. The summed E-state index contributed by atoms with van der Waals surface area (Å²) in [7, 11) is 0. The van der Waals surface area contributed by atoms with Crippen LogP contribution in [0.5, 0.6) is 0 Å². The molecule has 0 saturated heterocycles. The summed E-state index contributed by atoms with van der Waals surface area (Å²) in [5.41, 5.74) is 2.39. The van der Waals surface area contributed by atoms with E-state index in [1.165, 1.54) is 24.3 Å². The molecule has 0 bridgehead atoms. The number of rotatable bonds is 3. The lowest BCUT2D eigenvalue weighted by molar-refractivity contribution is -0.115. The molecule has 0 aliphatic carbocycles. The van der Waals surface area contributed by atoms with Crippen molar-refractivity contribution < 1.29 is 9.18 Å². The molecule has 0 saturated carbocycles. The fourth-order valence-electron chi connectivity index (χ4n) is 2.11. The number of carbonyl (C=O) groups is 1. The maximum absolute atomic E-state index is 12.8. The number of imidazole rings is 1. The number of aromatic nitrogens is 2. The van der Waals surface area contributed by atoms with Crippen molar-refractivity contribution in [3.63, 3.8) is 0 Å². The first kappa shape index (κ1) is 13.1. The number of amides is 1. The summed E-state index contributed by atoms with van der Waals surface area (Å²) in [5, 5.41) is 2.69. The number of halogens is 1. The summed E-state index contributed by atoms with van der Waals surface area (Å²) >= 11 is 0. The van der Waals surface area contributed by atoms with Crippen LogP contribution < -0.4 is 11.0 Å². The molecule has 3 aromatic rings. The number of aromatic amines is 2. The van der Waals surface area contributed by atoms with Gasteiger partial charge >= 0.3 is 5.69 Å². The minimum atomic E-state index is -0.352. The molecule has 0 aliphatic heterocycles. The highest BCUT2D eigenvalue weighted by Crippen LogP contribution is 2.12. The molecule has 1 amide bonds. The zero-order valence-electron chi connectivity index (χ0n) is 10.9. The zero-order valence-corrected chi connectivity index (χ0v) is 10.9. The third kappa shape index (κ3) is 3.00. The fourth-order valence-corrected chi connectivity index (χ4v) is 2.11. The Bertz CT molecular complexity index is 849. The minimum Gasteiger partial charge on any atom is -0.326 e. The molecule has 2 aromatic carbocycles. The Hall–Kier alpha value is -2.89. The van der Waals surface area contributed by atoms with Gasteiger partial charge in [-0.05, 0) is 42.0 Å². The average molecular weight is 285 g/mol. The van der Waals surface area contributed by atoms with Crippen molar-refractivity contribution in [3.8, 4) is 0 Å². The third-order valence-electron chi connectivity index (χ3n) is 3.07. The molecule has 0 aliphatic rings. The van der Waals surface area contributed by atoms with Crippen molar-refractivity contribution in [1.29, 1.82) is 0 Å². The molecule has 3 N–H and O–H groups in total. The van der Waals surface area contributed by atoms with Crippen LogP contribution in [0.2, 0.25) is 0 Å². The molecular weight excluding hydrogens is 273 g/mol. The number of carbonyl (C=O) groups excluding carboxylic acids is 1. The van der Waals surface area contributed by atoms with Gasteiger partial charge in [-0.25, -0.2) is 9.18 Å². The Morgan fingerprint density at radius 3 is 2.52 bits per heavy atom. The predicted octanol–water partition coefficient (Wildman–Crippen LogP) is 2.18. The van der Waals surface area contributed by atoms with Crippen molar-refractivity contribution in [2.45, 2.75) is 6.42 Å². The highest BCUT2D eigenvalue weighted by molar-refractivity contribution is 5.92. The van der Waals surface area contributed by atoms with Crippen LogP contribution in [0.1, 0.15) is 5.56 Å². The van der Waals surface area contributed by atoms with Crippen LogP contribution in [0.3, 0.4) is 0 Å². The lowest BCUT2D eigenvalue weighted by Gasteiger charge is -2.05. The van der Waals surface area contributed by atoms with Gasteiger partial charge in [0, 0.05) is 5.69 Å². The molecule has 1 heterocycles. The van der Waals surface area contributed by atoms with E-state index in [9.17, 15) is 14.0 Å². The van der Waals surface area contributed by atoms with Crippen molar-refractivity contribution in [2.75, 3.05) is 5.32 Å². The molecule has 21 heavy (non-hydrogen) atoms. The van der Waals surface area contributed by atoms with Gasteiger partial charge in [-0.3, -0.25) is 4.79 Å². The molecule has 0 unspecified atom stereocenters. The zero-order chi connectivity index (χ0) is 14.8. The van der Waals surface area contributed by atoms with Crippen LogP contribution in [0.15, 0.2) is 47.3 Å². The summed E-state index contributed by atoms with van der Waals surface area (Å²) in [5.74, 6) is -0.561. The first-order chi connectivity index (χ1) is 10.1. The quantitative estimate of drug-likeness (QED) is 0.689. The van der Waals surface area contributed by atoms with E-state index in [0.29, 0.717) is 16.7 Å². The maximum atomic E-state index is 12.8. The van der Waals surface area contributed by atoms with E-state index in [4.69, 9.17) is 0 Å². The Morgan fingerprint density at radius 2 is 1.76 bits per heavy atom. The van der Waals surface area contributed by atoms with E-state index in [1.54, 1.807) is 18.2 Å². The molecule has 3 rings (SSSR count). The highest BCUT2D eigenvalue weighted by atomic mass is 19.1. The van der Waals surface area contributed by atoms with Crippen LogP contribution in [-0.4, -0.2) is 15.9 Å². The number of hydrogen-bond donors (Lipinski definition) is 3. The van der Waals surface area contributed by atoms with Crippen molar-refractivity contribution in [3.05, 3.63) is 64.3 Å². The number of benzene rings is 2. The third-order valence-corrected chi connectivity index (χ3v) is 3.07. The standard InChI is InChI=1S/C15H12FN3O2/c16-10-2-4-11(5-3-10)17-14(20)8-9-1-6-12-13(7-9)19-15(21)18-12/h1-7H,8H2,(H,17,20)(H2,18,19,21). The SMILES string of the molecule is O=C(Cc1ccc2[nH]c(=O)[nH]c2c1)Nc1ccc(F)cc1. The summed E-state index contributed by atoms with van der Waals surface area (Å²) < 4.78 is 12.8. The van der Waals surface area contributed by atoms with Gasteiger partial charge in [0.2, 0.25) is 5.91 Å².